The average Bonchev–Trinajstić information content (AvgIpc) is 3.12. The first-order chi connectivity index (χ1) is 12.3. The van der Waals surface area contributed by atoms with Crippen LogP contribution < -0.4 is 5.73 Å². The summed E-state index contributed by atoms with van der Waals surface area (Å²) in [6.07, 6.45) is 4.76. The molecule has 1 aliphatic heterocycles. The number of fused-ring (bicyclic) bond motifs is 1. The second-order valence-electron chi connectivity index (χ2n) is 7.41. The van der Waals surface area contributed by atoms with Crippen LogP contribution in [0.15, 0.2) is 48.5 Å². The Balaban J connectivity index is 1.55. The molecule has 25 heavy (non-hydrogen) atoms. The van der Waals surface area contributed by atoms with Crippen LogP contribution in [0.25, 0.3) is 0 Å². The first-order valence-electron chi connectivity index (χ1n) is 9.42. The maximum absolute atomic E-state index is 13.1. The molecule has 1 aliphatic carbocycles. The van der Waals surface area contributed by atoms with E-state index in [1.807, 2.05) is 17.0 Å². The van der Waals surface area contributed by atoms with E-state index in [0.29, 0.717) is 18.4 Å². The third-order valence-corrected chi connectivity index (χ3v) is 5.85. The van der Waals surface area contributed by atoms with Gasteiger partial charge in [-0.15, -0.1) is 0 Å². The van der Waals surface area contributed by atoms with E-state index >= 15 is 0 Å². The summed E-state index contributed by atoms with van der Waals surface area (Å²) in [5.74, 6) is 0.835. The van der Waals surface area contributed by atoms with Crippen molar-refractivity contribution in [2.24, 2.45) is 11.7 Å². The van der Waals surface area contributed by atoms with Crippen LogP contribution in [0.4, 0.5) is 0 Å². The van der Waals surface area contributed by atoms with Crippen LogP contribution in [0.3, 0.4) is 0 Å². The van der Waals surface area contributed by atoms with Gasteiger partial charge in [0, 0.05) is 24.6 Å². The maximum Gasteiger partial charge on any atom is 0.253 e. The quantitative estimate of drug-likeness (QED) is 0.935. The van der Waals surface area contributed by atoms with Crippen LogP contribution in [0.2, 0.25) is 0 Å². The van der Waals surface area contributed by atoms with Gasteiger partial charge in [0.25, 0.3) is 5.91 Å². The highest BCUT2D eigenvalue weighted by Gasteiger charge is 2.35. The first kappa shape index (κ1) is 16.3. The van der Waals surface area contributed by atoms with Gasteiger partial charge in [0.2, 0.25) is 0 Å². The number of carbonyl (C=O) groups is 1. The van der Waals surface area contributed by atoms with Gasteiger partial charge in [0.15, 0.2) is 0 Å². The van der Waals surface area contributed by atoms with E-state index in [1.54, 1.807) is 0 Å². The van der Waals surface area contributed by atoms with Gasteiger partial charge in [-0.1, -0.05) is 36.4 Å². The number of hydrogen-bond acceptors (Lipinski definition) is 2. The monoisotopic (exact) mass is 334 g/mol. The maximum atomic E-state index is 13.1. The summed E-state index contributed by atoms with van der Waals surface area (Å²) in [6.45, 7) is 2.14. The van der Waals surface area contributed by atoms with Crippen molar-refractivity contribution in [2.45, 2.75) is 31.6 Å². The molecular formula is C22H26N2O. The molecule has 2 N–H and O–H groups in total. The summed E-state index contributed by atoms with van der Waals surface area (Å²) in [5, 5.41) is 0. The van der Waals surface area contributed by atoms with Crippen LogP contribution in [0.1, 0.15) is 45.8 Å². The van der Waals surface area contributed by atoms with E-state index in [9.17, 15) is 4.79 Å². The molecule has 2 atom stereocenters. The molecule has 2 aliphatic rings. The molecule has 0 saturated carbocycles. The molecule has 2 aromatic rings. The van der Waals surface area contributed by atoms with E-state index in [2.05, 4.69) is 36.4 Å². The molecule has 130 valence electrons. The zero-order chi connectivity index (χ0) is 17.2. The summed E-state index contributed by atoms with van der Waals surface area (Å²) in [6, 6.07) is 16.8. The molecule has 1 fully saturated rings. The molecule has 0 aromatic heterocycles. The van der Waals surface area contributed by atoms with Gasteiger partial charge in [-0.05, 0) is 67.0 Å². The van der Waals surface area contributed by atoms with E-state index < -0.39 is 0 Å². The van der Waals surface area contributed by atoms with Gasteiger partial charge in [0.05, 0.1) is 0 Å². The number of rotatable bonds is 3. The lowest BCUT2D eigenvalue weighted by Gasteiger charge is -2.20. The summed E-state index contributed by atoms with van der Waals surface area (Å²) in [4.78, 5) is 15.1. The Labute approximate surface area is 149 Å². The smallest absolute Gasteiger partial charge is 0.253 e. The zero-order valence-electron chi connectivity index (χ0n) is 14.7. The predicted octanol–water partition coefficient (Wildman–Crippen LogP) is 3.38. The molecule has 3 nitrogen and oxygen atoms in total. The van der Waals surface area contributed by atoms with Crippen molar-refractivity contribution < 1.29 is 4.79 Å². The number of amides is 1. The number of nitrogens with zero attached hydrogens (tertiary/aromatic N) is 1. The third kappa shape index (κ3) is 3.21. The van der Waals surface area contributed by atoms with Crippen LogP contribution >= 0.6 is 0 Å². The minimum absolute atomic E-state index is 0.158. The second kappa shape index (κ2) is 7.01. The van der Waals surface area contributed by atoms with Crippen molar-refractivity contribution in [3.05, 3.63) is 70.8 Å². The summed E-state index contributed by atoms with van der Waals surface area (Å²) >= 11 is 0. The van der Waals surface area contributed by atoms with E-state index in [0.717, 1.165) is 31.5 Å². The molecule has 0 bridgehead atoms. The Hall–Kier alpha value is -2.13. The van der Waals surface area contributed by atoms with Gasteiger partial charge >= 0.3 is 0 Å². The molecule has 0 radical (unpaired) electrons. The second-order valence-corrected chi connectivity index (χ2v) is 7.41. The number of nitrogens with two attached hydrogens (primary N) is 1. The molecule has 0 spiro atoms. The lowest BCUT2D eigenvalue weighted by Crippen LogP contribution is -2.30. The van der Waals surface area contributed by atoms with Crippen molar-refractivity contribution in [1.82, 2.24) is 4.90 Å². The van der Waals surface area contributed by atoms with Gasteiger partial charge in [0.1, 0.15) is 0 Å². The van der Waals surface area contributed by atoms with Crippen molar-refractivity contribution >= 4 is 5.91 Å². The van der Waals surface area contributed by atoms with E-state index in [1.165, 1.54) is 29.5 Å². The molecule has 1 heterocycles. The highest BCUT2D eigenvalue weighted by molar-refractivity contribution is 5.94. The lowest BCUT2D eigenvalue weighted by molar-refractivity contribution is 0.0786. The van der Waals surface area contributed by atoms with Gasteiger partial charge in [-0.2, -0.15) is 0 Å². The highest BCUT2D eigenvalue weighted by atomic mass is 16.2. The normalized spacial score (nSPS) is 22.7. The molecular weight excluding hydrogens is 308 g/mol. The van der Waals surface area contributed by atoms with Crippen molar-refractivity contribution in [1.29, 1.82) is 0 Å². The lowest BCUT2D eigenvalue weighted by atomic mass is 9.89. The summed E-state index contributed by atoms with van der Waals surface area (Å²) < 4.78 is 0. The van der Waals surface area contributed by atoms with Crippen molar-refractivity contribution in [2.75, 3.05) is 19.6 Å². The Bertz CT molecular complexity index is 756. The van der Waals surface area contributed by atoms with Gasteiger partial charge in [-0.25, -0.2) is 0 Å². The first-order valence-corrected chi connectivity index (χ1v) is 9.42. The minimum Gasteiger partial charge on any atom is -0.338 e. The fourth-order valence-electron chi connectivity index (χ4n) is 4.40. The number of aryl methyl sites for hydroxylation is 2. The summed E-state index contributed by atoms with van der Waals surface area (Å²) in [7, 11) is 0. The molecule has 1 saturated heterocycles. The molecule has 1 amide bonds. The van der Waals surface area contributed by atoms with Crippen molar-refractivity contribution in [3.8, 4) is 0 Å². The zero-order valence-corrected chi connectivity index (χ0v) is 14.7. The van der Waals surface area contributed by atoms with Crippen molar-refractivity contribution in [3.63, 3.8) is 0 Å². The number of hydrogen-bond donors (Lipinski definition) is 1. The van der Waals surface area contributed by atoms with E-state index in [-0.39, 0.29) is 5.91 Å². The number of benzene rings is 2. The minimum atomic E-state index is 0.158. The Morgan fingerprint density at radius 2 is 1.76 bits per heavy atom. The fraction of sp³-hybridized carbons (Fsp3) is 0.409. The third-order valence-electron chi connectivity index (χ3n) is 5.85. The Morgan fingerprint density at radius 1 is 1.00 bits per heavy atom. The highest BCUT2D eigenvalue weighted by Crippen LogP contribution is 2.33. The molecule has 2 aromatic carbocycles. The number of likely N-dealkylation sites (tertiary alicyclic amines) is 1. The Kier molecular flexibility index (Phi) is 4.58. The van der Waals surface area contributed by atoms with Crippen LogP contribution in [0.5, 0.6) is 0 Å². The SMILES string of the molecule is NC[C@@H]1CN(C(=O)c2ccc3c(c2)CCCC3)C[C@H]1c1ccccc1. The summed E-state index contributed by atoms with van der Waals surface area (Å²) in [5.41, 5.74) is 10.9. The fourth-order valence-corrected chi connectivity index (χ4v) is 4.40. The predicted molar refractivity (Wildman–Crippen MR) is 101 cm³/mol. The van der Waals surface area contributed by atoms with Gasteiger partial charge < -0.3 is 10.6 Å². The van der Waals surface area contributed by atoms with Gasteiger partial charge in [-0.3, -0.25) is 4.79 Å². The van der Waals surface area contributed by atoms with Crippen LogP contribution in [-0.2, 0) is 12.8 Å². The molecule has 4 rings (SSSR count). The average molecular weight is 334 g/mol. The van der Waals surface area contributed by atoms with Crippen LogP contribution in [0, 0.1) is 5.92 Å². The Morgan fingerprint density at radius 3 is 2.52 bits per heavy atom. The largest absolute Gasteiger partial charge is 0.338 e. The number of carbonyl (C=O) groups excluding carboxylic acids is 1. The molecule has 0 unspecified atom stereocenters. The standard InChI is InChI=1S/C22H26N2O/c23-13-20-14-24(15-21(20)17-7-2-1-3-8-17)22(25)19-11-10-16-6-4-5-9-18(16)12-19/h1-3,7-8,10-12,20-21H,4-6,9,13-15,23H2/t20-,21+/m1/s1. The topological polar surface area (TPSA) is 46.3 Å². The molecule has 3 heteroatoms. The van der Waals surface area contributed by atoms with E-state index in [4.69, 9.17) is 5.73 Å². The van der Waals surface area contributed by atoms with Crippen LogP contribution in [-0.4, -0.2) is 30.4 Å².